The molecule has 136 valence electrons. The third-order valence-corrected chi connectivity index (χ3v) is 5.08. The minimum Gasteiger partial charge on any atom is -0.497 e. The Hall–Kier alpha value is -2.41. The standard InChI is InChI=1S/C18H24N2O4S/c1-4-5-12-19-14-6-8-15(9-7-14)20-25(21,22)18-11-10-16(23-2)13-17(18)24-3/h6-11,13,19-20H,4-5,12H2,1-3H3. The van der Waals surface area contributed by atoms with E-state index < -0.39 is 10.0 Å². The number of hydrogen-bond acceptors (Lipinski definition) is 5. The van der Waals surface area contributed by atoms with Crippen LogP contribution in [0.25, 0.3) is 0 Å². The van der Waals surface area contributed by atoms with Gasteiger partial charge in [-0.15, -0.1) is 0 Å². The molecule has 0 saturated carbocycles. The maximum atomic E-state index is 12.6. The van der Waals surface area contributed by atoms with E-state index >= 15 is 0 Å². The summed E-state index contributed by atoms with van der Waals surface area (Å²) < 4.78 is 38.1. The minimum atomic E-state index is -3.77. The molecule has 0 radical (unpaired) electrons. The SMILES string of the molecule is CCCCNc1ccc(NS(=O)(=O)c2ccc(OC)cc2OC)cc1. The number of hydrogen-bond donors (Lipinski definition) is 2. The first-order valence-electron chi connectivity index (χ1n) is 8.09. The zero-order chi connectivity index (χ0) is 18.3. The van der Waals surface area contributed by atoms with Gasteiger partial charge in [-0.2, -0.15) is 0 Å². The molecule has 0 saturated heterocycles. The summed E-state index contributed by atoms with van der Waals surface area (Å²) in [5.74, 6) is 0.753. The number of nitrogens with one attached hydrogen (secondary N) is 2. The van der Waals surface area contributed by atoms with E-state index in [1.165, 1.54) is 26.4 Å². The summed E-state index contributed by atoms with van der Waals surface area (Å²) in [6.07, 6.45) is 2.21. The highest BCUT2D eigenvalue weighted by molar-refractivity contribution is 7.92. The molecule has 0 bridgehead atoms. The third kappa shape index (κ3) is 5.03. The number of unbranched alkanes of at least 4 members (excludes halogenated alkanes) is 1. The average Bonchev–Trinajstić information content (AvgIpc) is 2.62. The molecular weight excluding hydrogens is 340 g/mol. The van der Waals surface area contributed by atoms with Crippen LogP contribution in [0.3, 0.4) is 0 Å². The van der Waals surface area contributed by atoms with Gasteiger partial charge in [-0.05, 0) is 42.8 Å². The first-order chi connectivity index (χ1) is 12.0. The monoisotopic (exact) mass is 364 g/mol. The molecule has 2 aromatic rings. The van der Waals surface area contributed by atoms with Crippen LogP contribution in [0, 0.1) is 0 Å². The highest BCUT2D eigenvalue weighted by Gasteiger charge is 2.20. The van der Waals surface area contributed by atoms with Gasteiger partial charge >= 0.3 is 0 Å². The van der Waals surface area contributed by atoms with Gasteiger partial charge in [-0.3, -0.25) is 4.72 Å². The number of methoxy groups -OCH3 is 2. The molecule has 0 spiro atoms. The second-order valence-corrected chi connectivity index (χ2v) is 7.13. The molecule has 6 nitrogen and oxygen atoms in total. The van der Waals surface area contributed by atoms with Crippen molar-refractivity contribution in [1.82, 2.24) is 0 Å². The lowest BCUT2D eigenvalue weighted by molar-refractivity contribution is 0.386. The Morgan fingerprint density at radius 1 is 0.960 bits per heavy atom. The fourth-order valence-corrected chi connectivity index (χ4v) is 3.48. The molecule has 0 atom stereocenters. The van der Waals surface area contributed by atoms with E-state index in [-0.39, 0.29) is 10.6 Å². The van der Waals surface area contributed by atoms with Crippen molar-refractivity contribution in [2.75, 3.05) is 30.8 Å². The first-order valence-corrected chi connectivity index (χ1v) is 9.57. The van der Waals surface area contributed by atoms with Crippen LogP contribution in [-0.2, 0) is 10.0 Å². The molecule has 0 aliphatic heterocycles. The van der Waals surface area contributed by atoms with Crippen LogP contribution in [0.15, 0.2) is 47.4 Å². The van der Waals surface area contributed by atoms with Crippen molar-refractivity contribution in [2.45, 2.75) is 24.7 Å². The summed E-state index contributed by atoms with van der Waals surface area (Å²) in [5, 5.41) is 3.29. The Morgan fingerprint density at radius 3 is 2.24 bits per heavy atom. The second kappa shape index (κ2) is 8.62. The van der Waals surface area contributed by atoms with Gasteiger partial charge in [0.15, 0.2) is 0 Å². The van der Waals surface area contributed by atoms with Crippen molar-refractivity contribution < 1.29 is 17.9 Å². The second-order valence-electron chi connectivity index (χ2n) is 5.48. The van der Waals surface area contributed by atoms with Crippen molar-refractivity contribution >= 4 is 21.4 Å². The lowest BCUT2D eigenvalue weighted by Gasteiger charge is -2.13. The van der Waals surface area contributed by atoms with Crippen LogP contribution < -0.4 is 19.5 Å². The number of ether oxygens (including phenoxy) is 2. The molecule has 0 aliphatic rings. The van der Waals surface area contributed by atoms with Crippen molar-refractivity contribution in [3.8, 4) is 11.5 Å². The van der Waals surface area contributed by atoms with Crippen molar-refractivity contribution in [3.63, 3.8) is 0 Å². The van der Waals surface area contributed by atoms with Crippen LogP contribution >= 0.6 is 0 Å². The van der Waals surface area contributed by atoms with E-state index in [0.717, 1.165) is 25.1 Å². The summed E-state index contributed by atoms with van der Waals surface area (Å²) in [6.45, 7) is 3.03. The molecule has 7 heteroatoms. The fourth-order valence-electron chi connectivity index (χ4n) is 2.27. The molecule has 2 rings (SSSR count). The van der Waals surface area contributed by atoms with E-state index in [0.29, 0.717) is 11.4 Å². The quantitative estimate of drug-likeness (QED) is 0.663. The Morgan fingerprint density at radius 2 is 1.64 bits per heavy atom. The maximum Gasteiger partial charge on any atom is 0.265 e. The van der Waals surface area contributed by atoms with Gasteiger partial charge < -0.3 is 14.8 Å². The van der Waals surface area contributed by atoms with Crippen molar-refractivity contribution in [1.29, 1.82) is 0 Å². The molecular formula is C18H24N2O4S. The Bertz CT molecular complexity index is 789. The van der Waals surface area contributed by atoms with E-state index in [4.69, 9.17) is 9.47 Å². The van der Waals surface area contributed by atoms with Gasteiger partial charge in [-0.25, -0.2) is 8.42 Å². The summed E-state index contributed by atoms with van der Waals surface area (Å²) in [6, 6.07) is 11.7. The molecule has 0 fully saturated rings. The van der Waals surface area contributed by atoms with Crippen molar-refractivity contribution in [3.05, 3.63) is 42.5 Å². The number of sulfonamides is 1. The van der Waals surface area contributed by atoms with E-state index in [1.807, 2.05) is 12.1 Å². The predicted octanol–water partition coefficient (Wildman–Crippen LogP) is 3.72. The smallest absolute Gasteiger partial charge is 0.265 e. The molecule has 2 N–H and O–H groups in total. The third-order valence-electron chi connectivity index (χ3n) is 3.66. The normalized spacial score (nSPS) is 11.0. The van der Waals surface area contributed by atoms with Gasteiger partial charge in [0.25, 0.3) is 10.0 Å². The summed E-state index contributed by atoms with van der Waals surface area (Å²) in [5.41, 5.74) is 1.44. The molecule has 0 unspecified atom stereocenters. The number of benzene rings is 2. The number of rotatable bonds is 9. The highest BCUT2D eigenvalue weighted by atomic mass is 32.2. The summed E-state index contributed by atoms with van der Waals surface area (Å²) in [7, 11) is -0.833. The van der Waals surface area contributed by atoms with E-state index in [2.05, 4.69) is 17.0 Å². The summed E-state index contributed by atoms with van der Waals surface area (Å²) in [4.78, 5) is 0.0564. The molecule has 0 aromatic heterocycles. The molecule has 2 aromatic carbocycles. The van der Waals surface area contributed by atoms with Crippen LogP contribution in [-0.4, -0.2) is 29.2 Å². The van der Waals surface area contributed by atoms with Crippen LogP contribution in [0.4, 0.5) is 11.4 Å². The van der Waals surface area contributed by atoms with Crippen LogP contribution in [0.1, 0.15) is 19.8 Å². The van der Waals surface area contributed by atoms with E-state index in [9.17, 15) is 8.42 Å². The van der Waals surface area contributed by atoms with Gasteiger partial charge in [0, 0.05) is 24.0 Å². The lowest BCUT2D eigenvalue weighted by atomic mass is 10.2. The minimum absolute atomic E-state index is 0.0564. The largest absolute Gasteiger partial charge is 0.497 e. The van der Waals surface area contributed by atoms with Gasteiger partial charge in [0.1, 0.15) is 16.4 Å². The topological polar surface area (TPSA) is 76.7 Å². The van der Waals surface area contributed by atoms with Gasteiger partial charge in [-0.1, -0.05) is 13.3 Å². The molecule has 0 aliphatic carbocycles. The first kappa shape index (κ1) is 18.9. The van der Waals surface area contributed by atoms with Crippen molar-refractivity contribution in [2.24, 2.45) is 0 Å². The molecule has 0 heterocycles. The molecule has 25 heavy (non-hydrogen) atoms. The predicted molar refractivity (Wildman–Crippen MR) is 100 cm³/mol. The Labute approximate surface area is 149 Å². The average molecular weight is 364 g/mol. The maximum absolute atomic E-state index is 12.6. The number of anilines is 2. The zero-order valence-corrected chi connectivity index (χ0v) is 15.5. The van der Waals surface area contributed by atoms with E-state index in [1.54, 1.807) is 18.2 Å². The van der Waals surface area contributed by atoms with Gasteiger partial charge in [0.05, 0.1) is 14.2 Å². The van der Waals surface area contributed by atoms with Crippen LogP contribution in [0.2, 0.25) is 0 Å². The Balaban J connectivity index is 2.16. The Kier molecular flexibility index (Phi) is 6.52. The summed E-state index contributed by atoms with van der Waals surface area (Å²) >= 11 is 0. The van der Waals surface area contributed by atoms with Crippen LogP contribution in [0.5, 0.6) is 11.5 Å². The molecule has 0 amide bonds. The fraction of sp³-hybridized carbons (Fsp3) is 0.333. The lowest BCUT2D eigenvalue weighted by Crippen LogP contribution is -2.14. The highest BCUT2D eigenvalue weighted by Crippen LogP contribution is 2.30. The zero-order valence-electron chi connectivity index (χ0n) is 14.7. The van der Waals surface area contributed by atoms with Gasteiger partial charge in [0.2, 0.25) is 0 Å².